The van der Waals surface area contributed by atoms with Crippen LogP contribution in [0.3, 0.4) is 0 Å². The van der Waals surface area contributed by atoms with Gasteiger partial charge in [0.25, 0.3) is 0 Å². The van der Waals surface area contributed by atoms with Crippen molar-refractivity contribution in [3.63, 3.8) is 0 Å². The lowest BCUT2D eigenvalue weighted by atomic mass is 10.1. The molecule has 0 aromatic rings. The van der Waals surface area contributed by atoms with Crippen molar-refractivity contribution in [2.75, 3.05) is 39.6 Å². The fraction of sp³-hybridized carbons (Fsp3) is 0.818. The summed E-state index contributed by atoms with van der Waals surface area (Å²) in [5.41, 5.74) is 0. The molecule has 17 nitrogen and oxygen atoms in total. The van der Waals surface area contributed by atoms with E-state index >= 15 is 0 Å². The zero-order valence-corrected chi connectivity index (χ0v) is 62.8. The van der Waals surface area contributed by atoms with Crippen LogP contribution >= 0.6 is 15.6 Å². The minimum absolute atomic E-state index is 0.0792. The number of esters is 4. The van der Waals surface area contributed by atoms with Crippen molar-refractivity contribution in [1.29, 1.82) is 0 Å². The summed E-state index contributed by atoms with van der Waals surface area (Å²) in [6.07, 6.45) is 67.8. The molecule has 0 aromatic carbocycles. The monoisotopic (exact) mass is 1400 g/mol. The number of aliphatic hydroxyl groups is 1. The van der Waals surface area contributed by atoms with Gasteiger partial charge in [-0.3, -0.25) is 37.3 Å². The minimum atomic E-state index is -4.97. The molecule has 0 aromatic heterocycles. The van der Waals surface area contributed by atoms with Crippen LogP contribution in [-0.2, 0) is 65.4 Å². The van der Waals surface area contributed by atoms with Crippen molar-refractivity contribution < 1.29 is 80.2 Å². The molecule has 0 rings (SSSR count). The first-order valence-electron chi connectivity index (χ1n) is 38.5. The summed E-state index contributed by atoms with van der Waals surface area (Å²) >= 11 is 0. The Kier molecular flexibility index (Phi) is 67.8. The highest BCUT2D eigenvalue weighted by molar-refractivity contribution is 7.47. The summed E-state index contributed by atoms with van der Waals surface area (Å²) in [6.45, 7) is 4.82. The SMILES string of the molecule is CCCCCC/C=C\C=C/CCCCCCCC(=O)O[C@H](COC(=O)CCCCCCC/C=C\CCCCCCCC)COP(=O)(O)OC[C@@H](O)COP(=O)(O)OC[C@@H](COC(=O)CCCCCCC/C=C\CCCCCC)OC(=O)CCCCCCC/C=C\CCCCCC. The van der Waals surface area contributed by atoms with Gasteiger partial charge in [-0.15, -0.1) is 0 Å². The van der Waals surface area contributed by atoms with Crippen LogP contribution in [0, 0.1) is 0 Å². The quantitative estimate of drug-likeness (QED) is 0.0128. The van der Waals surface area contributed by atoms with Crippen molar-refractivity contribution in [3.8, 4) is 0 Å². The molecule has 0 aliphatic rings. The summed E-state index contributed by atoms with van der Waals surface area (Å²) in [7, 11) is -9.94. The fourth-order valence-electron chi connectivity index (χ4n) is 10.5. The average Bonchev–Trinajstić information content (AvgIpc) is 1.43. The molecule has 0 amide bonds. The minimum Gasteiger partial charge on any atom is -0.462 e. The highest BCUT2D eigenvalue weighted by atomic mass is 31.2. The second kappa shape index (κ2) is 70.2. The molecule has 96 heavy (non-hydrogen) atoms. The largest absolute Gasteiger partial charge is 0.472 e. The molecular formula is C77H140O17P2. The van der Waals surface area contributed by atoms with Gasteiger partial charge in [0.2, 0.25) is 0 Å². The van der Waals surface area contributed by atoms with Gasteiger partial charge in [0.05, 0.1) is 26.4 Å². The number of unbranched alkanes of at least 4 members (excludes halogenated alkanes) is 38. The van der Waals surface area contributed by atoms with Crippen molar-refractivity contribution in [2.24, 2.45) is 0 Å². The standard InChI is InChI=1S/C77H140O17P2/c1-5-9-13-17-21-25-29-33-35-39-42-46-50-54-58-62-75(80)88-68-73(94-77(82)64-60-56-52-48-44-40-36-34-30-26-22-18-14-10-6-2)70-92-96(85,86)90-66-71(78)65-89-95(83,84)91-69-72(93-76(81)63-59-55-51-47-43-38-32-28-24-20-16-12-8-4)67-87-74(79)61-57-53-49-45-41-37-31-27-23-19-15-11-7-3/h26-28,30-36,71-73,78H,5-25,29,37-70H2,1-4H3,(H,83,84)(H,85,86)/b30-26-,31-27-,32-28-,35-33-,36-34-/t71-,72+,73+/m0/s1. The van der Waals surface area contributed by atoms with Crippen molar-refractivity contribution in [2.45, 2.75) is 367 Å². The first kappa shape index (κ1) is 92.8. The zero-order valence-electron chi connectivity index (χ0n) is 61.1. The van der Waals surface area contributed by atoms with Crippen LogP contribution in [0.1, 0.15) is 349 Å². The third kappa shape index (κ3) is 69.2. The van der Waals surface area contributed by atoms with Crippen LogP contribution in [-0.4, -0.2) is 96.7 Å². The zero-order chi connectivity index (χ0) is 70.4. The van der Waals surface area contributed by atoms with Crippen LogP contribution in [0.4, 0.5) is 0 Å². The first-order valence-corrected chi connectivity index (χ1v) is 41.5. The summed E-state index contributed by atoms with van der Waals surface area (Å²) in [5.74, 6) is -2.19. The Morgan fingerprint density at radius 1 is 0.292 bits per heavy atom. The van der Waals surface area contributed by atoms with Crippen LogP contribution in [0.5, 0.6) is 0 Å². The Labute approximate surface area is 584 Å². The van der Waals surface area contributed by atoms with E-state index in [0.717, 1.165) is 154 Å². The molecular weight excluding hydrogens is 1260 g/mol. The second-order valence-electron chi connectivity index (χ2n) is 26.0. The summed E-state index contributed by atoms with van der Waals surface area (Å²) in [4.78, 5) is 72.8. The topological polar surface area (TPSA) is 237 Å². The predicted octanol–water partition coefficient (Wildman–Crippen LogP) is 21.9. The third-order valence-corrected chi connectivity index (χ3v) is 18.4. The maximum absolute atomic E-state index is 13.1. The Bertz CT molecular complexity index is 2060. The third-order valence-electron chi connectivity index (χ3n) is 16.5. The number of carbonyl (C=O) groups excluding carboxylic acids is 4. The van der Waals surface area contributed by atoms with E-state index < -0.39 is 97.5 Å². The van der Waals surface area contributed by atoms with Gasteiger partial charge in [0, 0.05) is 25.7 Å². The van der Waals surface area contributed by atoms with Gasteiger partial charge < -0.3 is 33.8 Å². The van der Waals surface area contributed by atoms with E-state index in [0.29, 0.717) is 25.7 Å². The van der Waals surface area contributed by atoms with Gasteiger partial charge in [-0.05, 0) is 128 Å². The Morgan fingerprint density at radius 2 is 0.510 bits per heavy atom. The van der Waals surface area contributed by atoms with Crippen LogP contribution < -0.4 is 0 Å². The van der Waals surface area contributed by atoms with E-state index in [1.54, 1.807) is 0 Å². The number of rotatable bonds is 73. The van der Waals surface area contributed by atoms with Crippen molar-refractivity contribution >= 4 is 39.5 Å². The Morgan fingerprint density at radius 3 is 0.792 bits per heavy atom. The number of phosphoric acid groups is 2. The molecule has 0 radical (unpaired) electrons. The number of phosphoric ester groups is 2. The molecule has 19 heteroatoms. The molecule has 560 valence electrons. The normalized spacial score (nSPS) is 14.3. The summed E-state index contributed by atoms with van der Waals surface area (Å²) in [5, 5.41) is 10.6. The Hall–Kier alpha value is -3.24. The van der Waals surface area contributed by atoms with Crippen molar-refractivity contribution in [1.82, 2.24) is 0 Å². The lowest BCUT2D eigenvalue weighted by Gasteiger charge is -2.21. The molecule has 0 heterocycles. The molecule has 5 atom stereocenters. The number of carbonyl (C=O) groups is 4. The van der Waals surface area contributed by atoms with E-state index in [-0.39, 0.29) is 25.7 Å². The molecule has 2 unspecified atom stereocenters. The number of hydrogen-bond donors (Lipinski definition) is 3. The average molecular weight is 1400 g/mol. The molecule has 3 N–H and O–H groups in total. The van der Waals surface area contributed by atoms with E-state index in [9.17, 15) is 43.2 Å². The molecule has 0 aliphatic heterocycles. The van der Waals surface area contributed by atoms with E-state index in [1.807, 2.05) is 0 Å². The number of aliphatic hydroxyl groups excluding tert-OH is 1. The van der Waals surface area contributed by atoms with Gasteiger partial charge in [0.15, 0.2) is 12.2 Å². The number of allylic oxidation sites excluding steroid dienone is 10. The van der Waals surface area contributed by atoms with Crippen LogP contribution in [0.2, 0.25) is 0 Å². The lowest BCUT2D eigenvalue weighted by molar-refractivity contribution is -0.161. The molecule has 0 spiro atoms. The van der Waals surface area contributed by atoms with Gasteiger partial charge >= 0.3 is 39.5 Å². The van der Waals surface area contributed by atoms with E-state index in [1.165, 1.54) is 116 Å². The van der Waals surface area contributed by atoms with E-state index in [4.69, 9.17) is 37.0 Å². The molecule has 0 saturated heterocycles. The maximum Gasteiger partial charge on any atom is 0.472 e. The molecule has 0 fully saturated rings. The smallest absolute Gasteiger partial charge is 0.462 e. The van der Waals surface area contributed by atoms with Crippen molar-refractivity contribution in [3.05, 3.63) is 60.8 Å². The van der Waals surface area contributed by atoms with Gasteiger partial charge in [-0.1, -0.05) is 255 Å². The van der Waals surface area contributed by atoms with E-state index in [2.05, 4.69) is 88.5 Å². The fourth-order valence-corrected chi connectivity index (χ4v) is 12.1. The highest BCUT2D eigenvalue weighted by Crippen LogP contribution is 2.45. The molecule has 0 aliphatic carbocycles. The Balaban J connectivity index is 5.35. The number of hydrogen-bond acceptors (Lipinski definition) is 15. The lowest BCUT2D eigenvalue weighted by Crippen LogP contribution is -2.30. The predicted molar refractivity (Wildman–Crippen MR) is 390 cm³/mol. The second-order valence-corrected chi connectivity index (χ2v) is 28.9. The van der Waals surface area contributed by atoms with Gasteiger partial charge in [-0.2, -0.15) is 0 Å². The molecule has 0 saturated carbocycles. The van der Waals surface area contributed by atoms with Gasteiger partial charge in [0.1, 0.15) is 19.3 Å². The van der Waals surface area contributed by atoms with Crippen LogP contribution in [0.15, 0.2) is 60.8 Å². The summed E-state index contributed by atoms with van der Waals surface area (Å²) in [6, 6.07) is 0. The highest BCUT2D eigenvalue weighted by Gasteiger charge is 2.30. The van der Waals surface area contributed by atoms with Crippen LogP contribution in [0.25, 0.3) is 0 Å². The first-order chi connectivity index (χ1) is 46.7. The maximum atomic E-state index is 13.1. The number of ether oxygens (including phenoxy) is 4. The van der Waals surface area contributed by atoms with Gasteiger partial charge in [-0.25, -0.2) is 9.13 Å². The summed E-state index contributed by atoms with van der Waals surface area (Å²) < 4.78 is 68.4. The molecule has 0 bridgehead atoms.